The van der Waals surface area contributed by atoms with Gasteiger partial charge in [0.25, 0.3) is 10.2 Å². The Kier molecular flexibility index (Phi) is 4.55. The van der Waals surface area contributed by atoms with Crippen molar-refractivity contribution in [1.29, 1.82) is 0 Å². The van der Waals surface area contributed by atoms with Gasteiger partial charge in [0.15, 0.2) is 5.71 Å². The molecule has 0 aromatic carbocycles. The quantitative estimate of drug-likeness (QED) is 0.842. The number of rotatable bonds is 4. The molecule has 6 nitrogen and oxygen atoms in total. The smallest absolute Gasteiger partial charge is 0.390 e. The molecule has 1 saturated heterocycles. The Labute approximate surface area is 115 Å². The number of hydrogen-bond donors (Lipinski definition) is 1. The van der Waals surface area contributed by atoms with Crippen molar-refractivity contribution in [1.82, 2.24) is 9.03 Å². The van der Waals surface area contributed by atoms with E-state index in [4.69, 9.17) is 0 Å². The Morgan fingerprint density at radius 1 is 1.30 bits per heavy atom. The summed E-state index contributed by atoms with van der Waals surface area (Å²) in [6, 6.07) is 0. The van der Waals surface area contributed by atoms with Crippen LogP contribution in [-0.2, 0) is 15.0 Å². The van der Waals surface area contributed by atoms with Crippen LogP contribution >= 0.6 is 0 Å². The monoisotopic (exact) mass is 315 g/mol. The maximum Gasteiger partial charge on any atom is 0.432 e. The lowest BCUT2D eigenvalue weighted by Crippen LogP contribution is -2.45. The molecule has 2 heterocycles. The molecule has 1 fully saturated rings. The first-order valence-corrected chi connectivity index (χ1v) is 7.77. The van der Waals surface area contributed by atoms with Gasteiger partial charge in [-0.1, -0.05) is 11.6 Å². The lowest BCUT2D eigenvalue weighted by atomic mass is 10.2. The van der Waals surface area contributed by atoms with Crippen LogP contribution in [-0.4, -0.2) is 50.3 Å². The van der Waals surface area contributed by atoms with E-state index in [-0.39, 0.29) is 6.54 Å². The highest BCUT2D eigenvalue weighted by atomic mass is 32.2. The average Bonchev–Trinajstić information content (AvgIpc) is 2.86. The number of piperidine rings is 1. The number of oxime groups is 1. The number of nitrogens with zero attached hydrogens (tertiary/aromatic N) is 2. The molecular weight excluding hydrogens is 299 g/mol. The van der Waals surface area contributed by atoms with Crippen molar-refractivity contribution < 1.29 is 26.4 Å². The van der Waals surface area contributed by atoms with E-state index in [1.54, 1.807) is 0 Å². The molecule has 0 spiro atoms. The molecule has 0 aliphatic carbocycles. The third kappa shape index (κ3) is 3.83. The zero-order valence-corrected chi connectivity index (χ0v) is 11.5. The fourth-order valence-corrected chi connectivity index (χ4v) is 3.42. The molecular formula is C10H16F3N3O3S. The zero-order valence-electron chi connectivity index (χ0n) is 10.7. The maximum atomic E-state index is 12.3. The average molecular weight is 315 g/mol. The zero-order chi connectivity index (χ0) is 14.8. The lowest BCUT2D eigenvalue weighted by Gasteiger charge is -2.26. The largest absolute Gasteiger partial charge is 0.432 e. The van der Waals surface area contributed by atoms with Gasteiger partial charge in [0.1, 0.15) is 6.10 Å². The van der Waals surface area contributed by atoms with E-state index in [0.29, 0.717) is 13.1 Å². The van der Waals surface area contributed by atoms with Crippen LogP contribution in [0.4, 0.5) is 13.2 Å². The van der Waals surface area contributed by atoms with Crippen LogP contribution in [0.2, 0.25) is 0 Å². The predicted octanol–water partition coefficient (Wildman–Crippen LogP) is 1.01. The molecule has 1 N–H and O–H groups in total. The Morgan fingerprint density at radius 3 is 2.50 bits per heavy atom. The molecule has 1 unspecified atom stereocenters. The summed E-state index contributed by atoms with van der Waals surface area (Å²) < 4.78 is 64.4. The predicted molar refractivity (Wildman–Crippen MR) is 65.3 cm³/mol. The van der Waals surface area contributed by atoms with Gasteiger partial charge in [-0.2, -0.15) is 30.6 Å². The molecule has 0 bridgehead atoms. The second-order valence-electron chi connectivity index (χ2n) is 4.78. The van der Waals surface area contributed by atoms with Crippen LogP contribution in [0.15, 0.2) is 5.16 Å². The number of alkyl halides is 3. The van der Waals surface area contributed by atoms with E-state index in [1.165, 1.54) is 4.31 Å². The van der Waals surface area contributed by atoms with Gasteiger partial charge >= 0.3 is 6.18 Å². The SMILES string of the molecule is O=S(=O)(NCC1CC(C(F)(F)F)=NO1)N1CCCCC1. The summed E-state index contributed by atoms with van der Waals surface area (Å²) in [6.07, 6.45) is -3.30. The molecule has 0 aromatic rings. The molecule has 2 rings (SSSR count). The van der Waals surface area contributed by atoms with Crippen molar-refractivity contribution in [3.05, 3.63) is 0 Å². The van der Waals surface area contributed by atoms with Crippen molar-refractivity contribution in [3.63, 3.8) is 0 Å². The standard InChI is InChI=1S/C10H16F3N3O3S/c11-10(12,13)9-6-8(19-15-9)7-14-20(17,18)16-4-2-1-3-5-16/h8,14H,1-7H2. The van der Waals surface area contributed by atoms with E-state index in [9.17, 15) is 21.6 Å². The molecule has 0 saturated carbocycles. The second-order valence-corrected chi connectivity index (χ2v) is 6.54. The highest BCUT2D eigenvalue weighted by Crippen LogP contribution is 2.25. The molecule has 1 atom stereocenters. The minimum atomic E-state index is -4.53. The molecule has 20 heavy (non-hydrogen) atoms. The molecule has 2 aliphatic rings. The van der Waals surface area contributed by atoms with E-state index >= 15 is 0 Å². The Bertz CT molecular complexity index is 472. The molecule has 10 heteroatoms. The Balaban J connectivity index is 1.82. The van der Waals surface area contributed by atoms with E-state index in [2.05, 4.69) is 14.7 Å². The van der Waals surface area contributed by atoms with E-state index in [0.717, 1.165) is 19.3 Å². The summed E-state index contributed by atoms with van der Waals surface area (Å²) in [5, 5.41) is 2.94. The fourth-order valence-electron chi connectivity index (χ4n) is 2.10. The van der Waals surface area contributed by atoms with Crippen molar-refractivity contribution in [3.8, 4) is 0 Å². The number of nitrogens with one attached hydrogen (secondary N) is 1. The molecule has 0 radical (unpaired) electrons. The van der Waals surface area contributed by atoms with Gasteiger partial charge in [0.05, 0.1) is 6.54 Å². The third-order valence-electron chi connectivity index (χ3n) is 3.21. The first-order chi connectivity index (χ1) is 9.29. The summed E-state index contributed by atoms with van der Waals surface area (Å²) in [4.78, 5) is 4.60. The lowest BCUT2D eigenvalue weighted by molar-refractivity contribution is -0.0604. The van der Waals surface area contributed by atoms with Gasteiger partial charge in [0.2, 0.25) is 0 Å². The van der Waals surface area contributed by atoms with Gasteiger partial charge in [-0.15, -0.1) is 0 Å². The fraction of sp³-hybridized carbons (Fsp3) is 0.900. The van der Waals surface area contributed by atoms with Crippen LogP contribution in [0.5, 0.6) is 0 Å². The van der Waals surface area contributed by atoms with Gasteiger partial charge < -0.3 is 4.84 Å². The molecule has 0 amide bonds. The van der Waals surface area contributed by atoms with Crippen molar-refractivity contribution in [2.75, 3.05) is 19.6 Å². The van der Waals surface area contributed by atoms with Crippen LogP contribution in [0.3, 0.4) is 0 Å². The third-order valence-corrected chi connectivity index (χ3v) is 4.79. The van der Waals surface area contributed by atoms with Gasteiger partial charge in [-0.25, -0.2) is 0 Å². The van der Waals surface area contributed by atoms with Crippen LogP contribution < -0.4 is 4.72 Å². The Hall–Kier alpha value is -0.870. The summed E-state index contributed by atoms with van der Waals surface area (Å²) in [5.74, 6) is 0. The van der Waals surface area contributed by atoms with E-state index in [1.807, 2.05) is 0 Å². The van der Waals surface area contributed by atoms with Crippen LogP contribution in [0, 0.1) is 0 Å². The maximum absolute atomic E-state index is 12.3. The molecule has 2 aliphatic heterocycles. The van der Waals surface area contributed by atoms with E-state index < -0.39 is 34.6 Å². The summed E-state index contributed by atoms with van der Waals surface area (Å²) >= 11 is 0. The van der Waals surface area contributed by atoms with Gasteiger partial charge in [-0.3, -0.25) is 0 Å². The highest BCUT2D eigenvalue weighted by Gasteiger charge is 2.41. The number of halogens is 3. The normalized spacial score (nSPS) is 25.4. The van der Waals surface area contributed by atoms with Crippen LogP contribution in [0.1, 0.15) is 25.7 Å². The van der Waals surface area contributed by atoms with Crippen molar-refractivity contribution >= 4 is 15.9 Å². The highest BCUT2D eigenvalue weighted by molar-refractivity contribution is 7.87. The van der Waals surface area contributed by atoms with Crippen molar-refractivity contribution in [2.24, 2.45) is 5.16 Å². The molecule has 116 valence electrons. The summed E-state index contributed by atoms with van der Waals surface area (Å²) in [5.41, 5.74) is -1.01. The first-order valence-electron chi connectivity index (χ1n) is 6.33. The van der Waals surface area contributed by atoms with Crippen LogP contribution in [0.25, 0.3) is 0 Å². The van der Waals surface area contributed by atoms with Crippen molar-refractivity contribution in [2.45, 2.75) is 38.0 Å². The number of hydrogen-bond acceptors (Lipinski definition) is 4. The summed E-state index contributed by atoms with van der Waals surface area (Å²) in [7, 11) is -3.65. The molecule has 0 aromatic heterocycles. The topological polar surface area (TPSA) is 71.0 Å². The minimum absolute atomic E-state index is 0.220. The second kappa shape index (κ2) is 5.86. The first kappa shape index (κ1) is 15.5. The van der Waals surface area contributed by atoms with Gasteiger partial charge in [-0.05, 0) is 12.8 Å². The Morgan fingerprint density at radius 2 is 1.95 bits per heavy atom. The minimum Gasteiger partial charge on any atom is -0.390 e. The summed E-state index contributed by atoms with van der Waals surface area (Å²) in [6.45, 7) is 0.651. The van der Waals surface area contributed by atoms with Gasteiger partial charge in [0, 0.05) is 19.5 Å².